The van der Waals surface area contributed by atoms with Gasteiger partial charge in [-0.1, -0.05) is 18.2 Å². The molecule has 0 aliphatic rings. The van der Waals surface area contributed by atoms with Crippen molar-refractivity contribution in [2.24, 2.45) is 0 Å². The average molecular weight is 297 g/mol. The number of aliphatic carboxylic acids is 1. The van der Waals surface area contributed by atoms with E-state index in [9.17, 15) is 9.59 Å². The largest absolute Gasteiger partial charge is 0.478 e. The van der Waals surface area contributed by atoms with E-state index in [4.69, 9.17) is 9.84 Å². The zero-order chi connectivity index (χ0) is 15.9. The molecule has 0 saturated heterocycles. The molecule has 0 saturated carbocycles. The summed E-state index contributed by atoms with van der Waals surface area (Å²) in [5.41, 5.74) is 0.681. The Hall–Kier alpha value is -3.08. The molecule has 2 rings (SSSR count). The summed E-state index contributed by atoms with van der Waals surface area (Å²) >= 11 is 0. The van der Waals surface area contributed by atoms with Gasteiger partial charge >= 0.3 is 5.97 Å². The maximum absolute atomic E-state index is 11.7. The van der Waals surface area contributed by atoms with E-state index in [1.165, 1.54) is 6.92 Å². The van der Waals surface area contributed by atoms with Crippen molar-refractivity contribution in [2.75, 3.05) is 5.32 Å². The maximum Gasteiger partial charge on any atom is 0.328 e. The highest BCUT2D eigenvalue weighted by atomic mass is 16.5. The third-order valence-corrected chi connectivity index (χ3v) is 2.79. The van der Waals surface area contributed by atoms with Gasteiger partial charge in [0.25, 0.3) is 5.91 Å². The third-order valence-electron chi connectivity index (χ3n) is 2.79. The fourth-order valence-electron chi connectivity index (χ4n) is 1.71. The van der Waals surface area contributed by atoms with Crippen LogP contribution in [0.4, 0.5) is 5.69 Å². The summed E-state index contributed by atoms with van der Waals surface area (Å²) in [4.78, 5) is 22.3. The van der Waals surface area contributed by atoms with E-state index in [-0.39, 0.29) is 5.57 Å². The molecule has 22 heavy (non-hydrogen) atoms. The van der Waals surface area contributed by atoms with Crippen LogP contribution >= 0.6 is 0 Å². The van der Waals surface area contributed by atoms with Gasteiger partial charge in [0.05, 0.1) is 0 Å². The van der Waals surface area contributed by atoms with Crippen LogP contribution in [0.1, 0.15) is 6.92 Å². The third kappa shape index (κ3) is 4.49. The summed E-state index contributed by atoms with van der Waals surface area (Å²) in [6, 6.07) is 16.2. The van der Waals surface area contributed by atoms with E-state index in [1.54, 1.807) is 24.3 Å². The van der Waals surface area contributed by atoms with Crippen LogP contribution in [0, 0.1) is 0 Å². The second-order valence-electron chi connectivity index (χ2n) is 4.56. The predicted octanol–water partition coefficient (Wildman–Crippen LogP) is 3.45. The van der Waals surface area contributed by atoms with Gasteiger partial charge in [0.15, 0.2) is 0 Å². The van der Waals surface area contributed by atoms with E-state index in [2.05, 4.69) is 5.32 Å². The number of carboxylic acid groups (broad SMARTS) is 1. The molecule has 0 aliphatic heterocycles. The van der Waals surface area contributed by atoms with Gasteiger partial charge in [-0.25, -0.2) is 4.79 Å². The number of para-hydroxylation sites is 1. The van der Waals surface area contributed by atoms with Crippen molar-refractivity contribution in [1.29, 1.82) is 0 Å². The number of hydrogen-bond donors (Lipinski definition) is 2. The SMILES string of the molecule is C/C(=C\C(=O)O)C(=O)Nc1ccc(Oc2ccccc2)cc1. The fourth-order valence-corrected chi connectivity index (χ4v) is 1.71. The molecule has 0 heterocycles. The van der Waals surface area contributed by atoms with E-state index in [1.807, 2.05) is 30.3 Å². The molecule has 0 radical (unpaired) electrons. The minimum absolute atomic E-state index is 0.122. The van der Waals surface area contributed by atoms with Crippen molar-refractivity contribution in [3.05, 3.63) is 66.2 Å². The van der Waals surface area contributed by atoms with Crippen LogP contribution in [0.3, 0.4) is 0 Å². The number of benzene rings is 2. The number of carbonyl (C=O) groups is 2. The molecular weight excluding hydrogens is 282 g/mol. The van der Waals surface area contributed by atoms with Crippen molar-refractivity contribution in [3.8, 4) is 11.5 Å². The van der Waals surface area contributed by atoms with E-state index in [0.29, 0.717) is 11.4 Å². The number of carboxylic acids is 1. The summed E-state index contributed by atoms with van der Waals surface area (Å²) in [6.07, 6.45) is 0.863. The molecule has 5 heteroatoms. The van der Waals surface area contributed by atoms with E-state index in [0.717, 1.165) is 11.8 Å². The number of ether oxygens (including phenoxy) is 1. The van der Waals surface area contributed by atoms with Gasteiger partial charge in [0.1, 0.15) is 11.5 Å². The summed E-state index contributed by atoms with van der Waals surface area (Å²) in [5.74, 6) is -0.250. The summed E-state index contributed by atoms with van der Waals surface area (Å²) in [5, 5.41) is 11.2. The first-order valence-electron chi connectivity index (χ1n) is 6.60. The Morgan fingerprint density at radius 3 is 2.18 bits per heavy atom. The molecule has 0 atom stereocenters. The van der Waals surface area contributed by atoms with Crippen LogP contribution < -0.4 is 10.1 Å². The highest BCUT2D eigenvalue weighted by Gasteiger charge is 2.06. The molecule has 0 aliphatic carbocycles. The average Bonchev–Trinajstić information content (AvgIpc) is 2.49. The molecule has 1 amide bonds. The van der Waals surface area contributed by atoms with Crippen LogP contribution in [0.25, 0.3) is 0 Å². The first kappa shape index (κ1) is 15.3. The fraction of sp³-hybridized carbons (Fsp3) is 0.0588. The van der Waals surface area contributed by atoms with Gasteiger partial charge < -0.3 is 15.2 Å². The number of rotatable bonds is 5. The predicted molar refractivity (Wildman–Crippen MR) is 83.0 cm³/mol. The summed E-state index contributed by atoms with van der Waals surface area (Å²) < 4.78 is 5.64. The molecule has 0 aromatic heterocycles. The number of amides is 1. The first-order valence-corrected chi connectivity index (χ1v) is 6.60. The Bertz CT molecular complexity index is 690. The molecule has 0 spiro atoms. The molecular formula is C17H15NO4. The van der Waals surface area contributed by atoms with Gasteiger partial charge in [-0.05, 0) is 43.3 Å². The Morgan fingerprint density at radius 2 is 1.59 bits per heavy atom. The van der Waals surface area contributed by atoms with Crippen molar-refractivity contribution in [2.45, 2.75) is 6.92 Å². The van der Waals surface area contributed by atoms with Crippen molar-refractivity contribution in [1.82, 2.24) is 0 Å². The van der Waals surface area contributed by atoms with Gasteiger partial charge in [0, 0.05) is 17.3 Å². The molecule has 0 fully saturated rings. The summed E-state index contributed by atoms with van der Waals surface area (Å²) in [6.45, 7) is 1.44. The Labute approximate surface area is 127 Å². The smallest absolute Gasteiger partial charge is 0.328 e. The van der Waals surface area contributed by atoms with Gasteiger partial charge in [-0.3, -0.25) is 4.79 Å². The normalized spacial score (nSPS) is 10.9. The minimum Gasteiger partial charge on any atom is -0.478 e. The number of anilines is 1. The van der Waals surface area contributed by atoms with Gasteiger partial charge in [0.2, 0.25) is 0 Å². The highest BCUT2D eigenvalue weighted by Crippen LogP contribution is 2.22. The second-order valence-corrected chi connectivity index (χ2v) is 4.56. The molecule has 2 aromatic carbocycles. The Kier molecular flexibility index (Phi) is 4.93. The lowest BCUT2D eigenvalue weighted by atomic mass is 10.2. The monoisotopic (exact) mass is 297 g/mol. The van der Waals surface area contributed by atoms with Gasteiger partial charge in [-0.15, -0.1) is 0 Å². The zero-order valence-corrected chi connectivity index (χ0v) is 11.9. The molecule has 2 N–H and O–H groups in total. The lowest BCUT2D eigenvalue weighted by Gasteiger charge is -2.08. The van der Waals surface area contributed by atoms with Crippen LogP contribution in [0.5, 0.6) is 11.5 Å². The first-order chi connectivity index (χ1) is 10.5. The minimum atomic E-state index is -1.15. The Balaban J connectivity index is 2.00. The second kappa shape index (κ2) is 7.08. The number of nitrogens with one attached hydrogen (secondary N) is 1. The molecule has 0 bridgehead atoms. The lowest BCUT2D eigenvalue weighted by Crippen LogP contribution is -2.13. The van der Waals surface area contributed by atoms with Crippen LogP contribution in [0.15, 0.2) is 66.2 Å². The van der Waals surface area contributed by atoms with Crippen molar-refractivity contribution in [3.63, 3.8) is 0 Å². The molecule has 5 nitrogen and oxygen atoms in total. The number of carbonyl (C=O) groups excluding carboxylic acids is 1. The maximum atomic E-state index is 11.7. The molecule has 2 aromatic rings. The quantitative estimate of drug-likeness (QED) is 0.829. The van der Waals surface area contributed by atoms with Crippen LogP contribution in [-0.4, -0.2) is 17.0 Å². The standard InChI is InChI=1S/C17H15NO4/c1-12(11-16(19)20)17(21)18-13-7-9-15(10-8-13)22-14-5-3-2-4-6-14/h2-11H,1H3,(H,18,21)(H,19,20)/b12-11+. The van der Waals surface area contributed by atoms with Crippen molar-refractivity contribution >= 4 is 17.6 Å². The van der Waals surface area contributed by atoms with E-state index < -0.39 is 11.9 Å². The van der Waals surface area contributed by atoms with E-state index >= 15 is 0 Å². The number of hydrogen-bond acceptors (Lipinski definition) is 3. The zero-order valence-electron chi connectivity index (χ0n) is 11.9. The Morgan fingerprint density at radius 1 is 1.00 bits per heavy atom. The van der Waals surface area contributed by atoms with Crippen LogP contribution in [0.2, 0.25) is 0 Å². The molecule has 112 valence electrons. The van der Waals surface area contributed by atoms with Crippen molar-refractivity contribution < 1.29 is 19.4 Å². The van der Waals surface area contributed by atoms with Gasteiger partial charge in [-0.2, -0.15) is 0 Å². The molecule has 0 unspecified atom stereocenters. The highest BCUT2D eigenvalue weighted by molar-refractivity contribution is 6.06. The topological polar surface area (TPSA) is 75.6 Å². The van der Waals surface area contributed by atoms with Crippen LogP contribution in [-0.2, 0) is 9.59 Å². The summed E-state index contributed by atoms with van der Waals surface area (Å²) in [7, 11) is 0. The lowest BCUT2D eigenvalue weighted by molar-refractivity contribution is -0.131.